The summed E-state index contributed by atoms with van der Waals surface area (Å²) in [4.78, 5) is 13.9. The predicted molar refractivity (Wildman–Crippen MR) is 91.0 cm³/mol. The molecule has 2 atom stereocenters. The summed E-state index contributed by atoms with van der Waals surface area (Å²) in [7, 11) is 1.83. The maximum Gasteiger partial charge on any atom is 0.317 e. The molecule has 0 radical (unpaired) electrons. The monoisotopic (exact) mass is 320 g/mol. The fraction of sp³-hybridized carbons (Fsp3) is 0.611. The van der Waals surface area contributed by atoms with Crippen LogP contribution >= 0.6 is 0 Å². The summed E-state index contributed by atoms with van der Waals surface area (Å²) in [6.07, 6.45) is 1.03. The maximum atomic E-state index is 12.2. The molecule has 1 aliphatic rings. The number of hydrogen-bond donors (Lipinski definition) is 1. The highest BCUT2D eigenvalue weighted by Gasteiger charge is 2.21. The Hall–Kier alpha value is -1.75. The van der Waals surface area contributed by atoms with Gasteiger partial charge in [-0.3, -0.25) is 0 Å². The van der Waals surface area contributed by atoms with Crippen LogP contribution in [0.4, 0.5) is 4.79 Å². The lowest BCUT2D eigenvalue weighted by atomic mass is 10.1. The van der Waals surface area contributed by atoms with Gasteiger partial charge in [-0.2, -0.15) is 0 Å². The van der Waals surface area contributed by atoms with Crippen LogP contribution in [0.2, 0.25) is 0 Å². The van der Waals surface area contributed by atoms with E-state index in [0.29, 0.717) is 12.5 Å². The molecule has 0 aliphatic carbocycles. The normalized spacial score (nSPS) is 18.5. The van der Waals surface area contributed by atoms with Crippen molar-refractivity contribution >= 4 is 6.03 Å². The highest BCUT2D eigenvalue weighted by atomic mass is 16.5. The zero-order valence-electron chi connectivity index (χ0n) is 14.6. The van der Waals surface area contributed by atoms with E-state index in [4.69, 9.17) is 9.47 Å². The van der Waals surface area contributed by atoms with Crippen molar-refractivity contribution in [1.82, 2.24) is 10.2 Å². The lowest BCUT2D eigenvalue weighted by Gasteiger charge is -2.24. The molecule has 0 spiro atoms. The highest BCUT2D eigenvalue weighted by Crippen LogP contribution is 2.22. The number of urea groups is 1. The van der Waals surface area contributed by atoms with Crippen molar-refractivity contribution in [3.63, 3.8) is 0 Å². The van der Waals surface area contributed by atoms with Gasteiger partial charge in [-0.15, -0.1) is 0 Å². The van der Waals surface area contributed by atoms with Gasteiger partial charge < -0.3 is 19.7 Å². The van der Waals surface area contributed by atoms with Crippen LogP contribution in [0.25, 0.3) is 0 Å². The Labute approximate surface area is 139 Å². The highest BCUT2D eigenvalue weighted by molar-refractivity contribution is 5.74. The lowest BCUT2D eigenvalue weighted by molar-refractivity contribution is 0.168. The molecule has 1 N–H and O–H groups in total. The van der Waals surface area contributed by atoms with E-state index in [-0.39, 0.29) is 12.1 Å². The third kappa shape index (κ3) is 5.13. The van der Waals surface area contributed by atoms with E-state index < -0.39 is 0 Å². The lowest BCUT2D eigenvalue weighted by Crippen LogP contribution is -2.45. The molecule has 0 aromatic heterocycles. The molecular formula is C18H28N2O3. The van der Waals surface area contributed by atoms with Crippen LogP contribution in [0.15, 0.2) is 18.2 Å². The van der Waals surface area contributed by atoms with Crippen molar-refractivity contribution in [3.05, 3.63) is 29.3 Å². The van der Waals surface area contributed by atoms with E-state index in [1.807, 2.05) is 46.0 Å². The number of carbonyl (C=O) groups excluding carboxylic acids is 1. The summed E-state index contributed by atoms with van der Waals surface area (Å²) in [5.41, 5.74) is 2.23. The number of nitrogens with zero attached hydrogens (tertiary/aromatic N) is 1. The van der Waals surface area contributed by atoms with Crippen LogP contribution < -0.4 is 10.1 Å². The average molecular weight is 320 g/mol. The molecule has 5 nitrogen and oxygen atoms in total. The van der Waals surface area contributed by atoms with Crippen LogP contribution in [-0.2, 0) is 4.74 Å². The molecule has 1 aliphatic heterocycles. The number of aryl methyl sites for hydroxylation is 2. The number of rotatable bonds is 6. The minimum absolute atomic E-state index is 0.0521. The van der Waals surface area contributed by atoms with E-state index in [1.165, 1.54) is 0 Å². The third-order valence-corrected chi connectivity index (χ3v) is 4.16. The maximum absolute atomic E-state index is 12.2. The standard InChI is InChI=1S/C18H28N2O3/c1-13-6-5-7-14(2)17(13)23-11-15(3)19-18(21)20(4)10-16-8-9-22-12-16/h5-7,15-16H,8-12H2,1-4H3,(H,19,21)/t15-,16+/m1/s1. The van der Waals surface area contributed by atoms with E-state index in [9.17, 15) is 4.79 Å². The third-order valence-electron chi connectivity index (χ3n) is 4.16. The zero-order chi connectivity index (χ0) is 16.8. The van der Waals surface area contributed by atoms with Crippen LogP contribution in [0, 0.1) is 19.8 Å². The Kier molecular flexibility index (Phi) is 6.28. The van der Waals surface area contributed by atoms with Crippen LogP contribution in [0.3, 0.4) is 0 Å². The Morgan fingerprint density at radius 2 is 2.13 bits per heavy atom. The summed E-state index contributed by atoms with van der Waals surface area (Å²) in [6, 6.07) is 5.97. The number of nitrogens with one attached hydrogen (secondary N) is 1. The zero-order valence-corrected chi connectivity index (χ0v) is 14.6. The van der Waals surface area contributed by atoms with Gasteiger partial charge in [0, 0.05) is 26.1 Å². The first kappa shape index (κ1) is 17.6. The average Bonchev–Trinajstić information content (AvgIpc) is 2.99. The Morgan fingerprint density at radius 1 is 1.43 bits per heavy atom. The van der Waals surface area contributed by atoms with E-state index in [2.05, 4.69) is 5.32 Å². The fourth-order valence-electron chi connectivity index (χ4n) is 2.80. The topological polar surface area (TPSA) is 50.8 Å². The molecule has 1 saturated heterocycles. The second-order valence-electron chi connectivity index (χ2n) is 6.49. The number of benzene rings is 1. The molecular weight excluding hydrogens is 292 g/mol. The molecule has 128 valence electrons. The minimum atomic E-state index is -0.0606. The molecule has 0 unspecified atom stereocenters. The SMILES string of the molecule is Cc1cccc(C)c1OC[C@@H](C)NC(=O)N(C)C[C@@H]1CCOC1. The first-order valence-electron chi connectivity index (χ1n) is 8.25. The van der Waals surface area contributed by atoms with Crippen molar-refractivity contribution < 1.29 is 14.3 Å². The van der Waals surface area contributed by atoms with Gasteiger partial charge in [-0.1, -0.05) is 18.2 Å². The molecule has 23 heavy (non-hydrogen) atoms. The van der Waals surface area contributed by atoms with Crippen LogP contribution in [-0.4, -0.2) is 50.4 Å². The minimum Gasteiger partial charge on any atom is -0.491 e. The molecule has 0 bridgehead atoms. The molecule has 1 fully saturated rings. The number of carbonyl (C=O) groups is 1. The smallest absolute Gasteiger partial charge is 0.317 e. The number of para-hydroxylation sites is 1. The molecule has 2 amide bonds. The second-order valence-corrected chi connectivity index (χ2v) is 6.49. The Morgan fingerprint density at radius 3 is 2.74 bits per heavy atom. The number of amides is 2. The van der Waals surface area contributed by atoms with Gasteiger partial charge in [0.1, 0.15) is 12.4 Å². The molecule has 1 heterocycles. The van der Waals surface area contributed by atoms with Crippen LogP contribution in [0.5, 0.6) is 5.75 Å². The fourth-order valence-corrected chi connectivity index (χ4v) is 2.80. The Bertz CT molecular complexity index is 507. The Balaban J connectivity index is 1.77. The summed E-state index contributed by atoms with van der Waals surface area (Å²) in [5, 5.41) is 2.98. The van der Waals surface area contributed by atoms with Gasteiger partial charge in [0.15, 0.2) is 0 Å². The van der Waals surface area contributed by atoms with Crippen molar-refractivity contribution in [2.45, 2.75) is 33.2 Å². The summed E-state index contributed by atoms with van der Waals surface area (Å²) < 4.78 is 11.2. The van der Waals surface area contributed by atoms with Crippen molar-refractivity contribution in [1.29, 1.82) is 0 Å². The van der Waals surface area contributed by atoms with Gasteiger partial charge in [0.05, 0.1) is 12.6 Å². The molecule has 2 rings (SSSR count). The summed E-state index contributed by atoms with van der Waals surface area (Å²) in [5.74, 6) is 1.36. The van der Waals surface area contributed by atoms with Gasteiger partial charge in [-0.25, -0.2) is 4.79 Å². The molecule has 5 heteroatoms. The number of ether oxygens (including phenoxy) is 2. The van der Waals surface area contributed by atoms with Crippen molar-refractivity contribution in [3.8, 4) is 5.75 Å². The largest absolute Gasteiger partial charge is 0.491 e. The molecule has 0 saturated carbocycles. The van der Waals surface area contributed by atoms with Gasteiger partial charge in [0.2, 0.25) is 0 Å². The van der Waals surface area contributed by atoms with E-state index in [1.54, 1.807) is 4.90 Å². The summed E-state index contributed by atoms with van der Waals surface area (Å²) in [6.45, 7) is 8.77. The molecule has 1 aromatic rings. The number of hydrogen-bond acceptors (Lipinski definition) is 3. The van der Waals surface area contributed by atoms with Crippen molar-refractivity contribution in [2.75, 3.05) is 33.4 Å². The van der Waals surface area contributed by atoms with E-state index >= 15 is 0 Å². The first-order valence-corrected chi connectivity index (χ1v) is 8.25. The first-order chi connectivity index (χ1) is 11.0. The van der Waals surface area contributed by atoms with Gasteiger partial charge >= 0.3 is 6.03 Å². The van der Waals surface area contributed by atoms with Crippen LogP contribution in [0.1, 0.15) is 24.5 Å². The summed E-state index contributed by atoms with van der Waals surface area (Å²) >= 11 is 0. The molecule has 1 aromatic carbocycles. The van der Waals surface area contributed by atoms with Crippen molar-refractivity contribution in [2.24, 2.45) is 5.92 Å². The van der Waals surface area contributed by atoms with E-state index in [0.717, 1.165) is 43.1 Å². The second kappa shape index (κ2) is 8.20. The quantitative estimate of drug-likeness (QED) is 0.877. The predicted octanol–water partition coefficient (Wildman–Crippen LogP) is 2.75. The van der Waals surface area contributed by atoms with Gasteiger partial charge in [-0.05, 0) is 38.3 Å². The van der Waals surface area contributed by atoms with Gasteiger partial charge in [0.25, 0.3) is 0 Å².